The van der Waals surface area contributed by atoms with E-state index in [-0.39, 0.29) is 5.41 Å². The normalized spacial score (nSPS) is 11.7. The van der Waals surface area contributed by atoms with Crippen molar-refractivity contribution in [3.05, 3.63) is 17.7 Å². The van der Waals surface area contributed by atoms with Crippen LogP contribution >= 0.6 is 0 Å². The van der Waals surface area contributed by atoms with Crippen LogP contribution in [-0.4, -0.2) is 15.2 Å². The van der Waals surface area contributed by atoms with Crippen LogP contribution in [0, 0.1) is 0 Å². The standard InChI is InChI=1S/C9H15N3/c1-5-7-8(9(2,3)4)12-11-6-10-7/h6H,5H2,1-4H3. The number of hydrogen-bond acceptors (Lipinski definition) is 3. The van der Waals surface area contributed by atoms with E-state index in [1.807, 2.05) is 0 Å². The molecule has 12 heavy (non-hydrogen) atoms. The Balaban J connectivity index is 3.14. The van der Waals surface area contributed by atoms with Crippen molar-refractivity contribution in [1.82, 2.24) is 15.2 Å². The zero-order valence-corrected chi connectivity index (χ0v) is 8.13. The number of aryl methyl sites for hydroxylation is 1. The van der Waals surface area contributed by atoms with Gasteiger partial charge in [-0.1, -0.05) is 27.7 Å². The van der Waals surface area contributed by atoms with E-state index in [2.05, 4.69) is 42.9 Å². The fourth-order valence-electron chi connectivity index (χ4n) is 1.14. The van der Waals surface area contributed by atoms with E-state index in [1.54, 1.807) is 0 Å². The van der Waals surface area contributed by atoms with Crippen molar-refractivity contribution in [2.45, 2.75) is 39.5 Å². The van der Waals surface area contributed by atoms with E-state index in [0.717, 1.165) is 17.8 Å². The molecule has 3 nitrogen and oxygen atoms in total. The largest absolute Gasteiger partial charge is 0.238 e. The van der Waals surface area contributed by atoms with Gasteiger partial charge in [-0.2, -0.15) is 5.10 Å². The van der Waals surface area contributed by atoms with Crippen molar-refractivity contribution in [1.29, 1.82) is 0 Å². The lowest BCUT2D eigenvalue weighted by Crippen LogP contribution is -2.18. The molecule has 1 heterocycles. The van der Waals surface area contributed by atoms with Crippen molar-refractivity contribution in [2.24, 2.45) is 0 Å². The molecular weight excluding hydrogens is 150 g/mol. The number of rotatable bonds is 1. The maximum absolute atomic E-state index is 4.19. The Kier molecular flexibility index (Phi) is 2.40. The Morgan fingerprint density at radius 1 is 1.33 bits per heavy atom. The van der Waals surface area contributed by atoms with Gasteiger partial charge < -0.3 is 0 Å². The summed E-state index contributed by atoms with van der Waals surface area (Å²) in [5, 5.41) is 7.91. The molecule has 66 valence electrons. The van der Waals surface area contributed by atoms with Crippen molar-refractivity contribution in [3.63, 3.8) is 0 Å². The molecule has 1 aromatic rings. The van der Waals surface area contributed by atoms with Gasteiger partial charge in [-0.15, -0.1) is 5.10 Å². The fraction of sp³-hybridized carbons (Fsp3) is 0.667. The van der Waals surface area contributed by atoms with Gasteiger partial charge in [0.05, 0.1) is 11.4 Å². The Morgan fingerprint density at radius 3 is 2.42 bits per heavy atom. The zero-order valence-electron chi connectivity index (χ0n) is 8.13. The highest BCUT2D eigenvalue weighted by Crippen LogP contribution is 2.21. The SMILES string of the molecule is CCc1ncnnc1C(C)(C)C. The second-order valence-corrected chi connectivity index (χ2v) is 3.86. The molecule has 0 atom stereocenters. The number of aromatic nitrogens is 3. The van der Waals surface area contributed by atoms with Crippen LogP contribution in [0.15, 0.2) is 6.33 Å². The molecule has 0 amide bonds. The summed E-state index contributed by atoms with van der Waals surface area (Å²) in [6.07, 6.45) is 2.43. The van der Waals surface area contributed by atoms with E-state index in [9.17, 15) is 0 Å². The number of nitrogens with zero attached hydrogens (tertiary/aromatic N) is 3. The summed E-state index contributed by atoms with van der Waals surface area (Å²) < 4.78 is 0. The molecule has 0 aliphatic rings. The van der Waals surface area contributed by atoms with Crippen molar-refractivity contribution < 1.29 is 0 Å². The van der Waals surface area contributed by atoms with Gasteiger partial charge in [0.2, 0.25) is 0 Å². The van der Waals surface area contributed by atoms with Gasteiger partial charge in [0, 0.05) is 5.41 Å². The minimum atomic E-state index is 0.0482. The summed E-state index contributed by atoms with van der Waals surface area (Å²) in [5.41, 5.74) is 2.11. The molecular formula is C9H15N3. The highest BCUT2D eigenvalue weighted by Gasteiger charge is 2.19. The Bertz CT molecular complexity index is 263. The zero-order chi connectivity index (χ0) is 9.19. The lowest BCUT2D eigenvalue weighted by Gasteiger charge is -2.18. The Hall–Kier alpha value is -0.990. The topological polar surface area (TPSA) is 38.7 Å². The van der Waals surface area contributed by atoms with Gasteiger partial charge >= 0.3 is 0 Å². The first-order valence-electron chi connectivity index (χ1n) is 4.22. The van der Waals surface area contributed by atoms with Crippen molar-refractivity contribution in [2.75, 3.05) is 0 Å². The molecule has 0 bridgehead atoms. The minimum Gasteiger partial charge on any atom is -0.238 e. The molecule has 0 aromatic carbocycles. The molecule has 0 saturated carbocycles. The van der Waals surface area contributed by atoms with Gasteiger partial charge in [-0.3, -0.25) is 0 Å². The van der Waals surface area contributed by atoms with Crippen LogP contribution in [0.1, 0.15) is 39.1 Å². The van der Waals surface area contributed by atoms with E-state index < -0.39 is 0 Å². The van der Waals surface area contributed by atoms with Crippen LogP contribution in [0.2, 0.25) is 0 Å². The monoisotopic (exact) mass is 165 g/mol. The van der Waals surface area contributed by atoms with Gasteiger partial charge in [0.25, 0.3) is 0 Å². The van der Waals surface area contributed by atoms with Gasteiger partial charge in [0.1, 0.15) is 6.33 Å². The summed E-state index contributed by atoms with van der Waals surface area (Å²) in [7, 11) is 0. The summed E-state index contributed by atoms with van der Waals surface area (Å²) in [5.74, 6) is 0. The minimum absolute atomic E-state index is 0.0482. The first-order valence-corrected chi connectivity index (χ1v) is 4.22. The predicted octanol–water partition coefficient (Wildman–Crippen LogP) is 1.73. The van der Waals surface area contributed by atoms with Crippen LogP contribution in [0.3, 0.4) is 0 Å². The lowest BCUT2D eigenvalue weighted by molar-refractivity contribution is 0.542. The molecule has 0 aliphatic heterocycles. The van der Waals surface area contributed by atoms with Gasteiger partial charge in [-0.05, 0) is 6.42 Å². The third-order valence-electron chi connectivity index (χ3n) is 1.74. The molecule has 0 unspecified atom stereocenters. The third kappa shape index (κ3) is 1.78. The molecule has 1 rings (SSSR count). The van der Waals surface area contributed by atoms with Crippen molar-refractivity contribution >= 4 is 0 Å². The maximum Gasteiger partial charge on any atom is 0.138 e. The molecule has 0 aliphatic carbocycles. The first-order chi connectivity index (χ1) is 5.55. The molecule has 0 spiro atoms. The second-order valence-electron chi connectivity index (χ2n) is 3.86. The molecule has 0 radical (unpaired) electrons. The second kappa shape index (κ2) is 3.17. The highest BCUT2D eigenvalue weighted by molar-refractivity contribution is 5.17. The Morgan fingerprint density at radius 2 is 2.00 bits per heavy atom. The van der Waals surface area contributed by atoms with Gasteiger partial charge in [-0.25, -0.2) is 4.98 Å². The summed E-state index contributed by atoms with van der Waals surface area (Å²) in [6.45, 7) is 8.45. The Labute approximate surface area is 73.2 Å². The highest BCUT2D eigenvalue weighted by atomic mass is 15.1. The smallest absolute Gasteiger partial charge is 0.138 e. The van der Waals surface area contributed by atoms with E-state index >= 15 is 0 Å². The van der Waals surface area contributed by atoms with Gasteiger partial charge in [0.15, 0.2) is 0 Å². The van der Waals surface area contributed by atoms with Crippen LogP contribution < -0.4 is 0 Å². The molecule has 0 saturated heterocycles. The van der Waals surface area contributed by atoms with Crippen LogP contribution in [0.4, 0.5) is 0 Å². The molecule has 0 N–H and O–H groups in total. The fourth-order valence-corrected chi connectivity index (χ4v) is 1.14. The van der Waals surface area contributed by atoms with Crippen LogP contribution in [0.5, 0.6) is 0 Å². The van der Waals surface area contributed by atoms with E-state index in [4.69, 9.17) is 0 Å². The van der Waals surface area contributed by atoms with E-state index in [0.29, 0.717) is 0 Å². The first kappa shape index (κ1) is 9.10. The van der Waals surface area contributed by atoms with Crippen LogP contribution in [0.25, 0.3) is 0 Å². The number of hydrogen-bond donors (Lipinski definition) is 0. The summed E-state index contributed by atoms with van der Waals surface area (Å²) in [6, 6.07) is 0. The molecule has 0 fully saturated rings. The lowest BCUT2D eigenvalue weighted by atomic mass is 9.90. The third-order valence-corrected chi connectivity index (χ3v) is 1.74. The molecule has 3 heteroatoms. The quantitative estimate of drug-likeness (QED) is 0.636. The van der Waals surface area contributed by atoms with Crippen molar-refractivity contribution in [3.8, 4) is 0 Å². The molecule has 1 aromatic heterocycles. The van der Waals surface area contributed by atoms with Crippen LogP contribution in [-0.2, 0) is 11.8 Å². The van der Waals surface area contributed by atoms with E-state index in [1.165, 1.54) is 6.33 Å². The average Bonchev–Trinajstić information content (AvgIpc) is 2.03. The predicted molar refractivity (Wildman–Crippen MR) is 47.9 cm³/mol. The summed E-state index contributed by atoms with van der Waals surface area (Å²) >= 11 is 0. The maximum atomic E-state index is 4.19. The average molecular weight is 165 g/mol. The summed E-state index contributed by atoms with van der Waals surface area (Å²) in [4.78, 5) is 4.19.